The summed E-state index contributed by atoms with van der Waals surface area (Å²) in [7, 11) is 1.77. The molecule has 1 aliphatic heterocycles. The fraction of sp³-hybridized carbons (Fsp3) is 0.455. The molecule has 3 N–H and O–H groups in total. The topological polar surface area (TPSA) is 98.8 Å². The summed E-state index contributed by atoms with van der Waals surface area (Å²) in [5.74, 6) is 1.38. The molecule has 0 bridgehead atoms. The number of rotatable bonds is 2. The van der Waals surface area contributed by atoms with Crippen molar-refractivity contribution in [2.24, 2.45) is 0 Å². The molecule has 3 heterocycles. The molecule has 0 unspecified atom stereocenters. The Balaban J connectivity index is 2.02. The molecule has 100 valence electrons. The Labute approximate surface area is 109 Å². The monoisotopic (exact) mass is 261 g/mol. The smallest absolute Gasteiger partial charge is 0.226 e. The maximum atomic E-state index is 11.4. The van der Waals surface area contributed by atoms with Crippen molar-refractivity contribution in [3.05, 3.63) is 6.33 Å². The maximum Gasteiger partial charge on any atom is 0.226 e. The van der Waals surface area contributed by atoms with Crippen LogP contribution in [0.25, 0.3) is 11.2 Å². The second kappa shape index (κ2) is 4.71. The molecule has 0 aromatic carbocycles. The number of H-pyrrole nitrogens is 1. The number of fused-ring (bicyclic) bond motifs is 1. The number of amides is 1. The number of imidazole rings is 1. The van der Waals surface area contributed by atoms with Gasteiger partial charge in [0.25, 0.3) is 0 Å². The highest BCUT2D eigenvalue weighted by molar-refractivity contribution is 5.85. The summed E-state index contributed by atoms with van der Waals surface area (Å²) in [6.45, 7) is 1.98. The van der Waals surface area contributed by atoms with Crippen LogP contribution in [0.4, 0.5) is 11.8 Å². The summed E-state index contributed by atoms with van der Waals surface area (Å²) in [5, 5.41) is 5.78. The van der Waals surface area contributed by atoms with Gasteiger partial charge in [-0.2, -0.15) is 9.97 Å². The lowest BCUT2D eigenvalue weighted by atomic mass is 10.3. The minimum absolute atomic E-state index is 0.0752. The van der Waals surface area contributed by atoms with E-state index in [1.807, 2.05) is 0 Å². The average molecular weight is 261 g/mol. The molecular weight excluding hydrogens is 246 g/mol. The number of hydrogen-bond donors (Lipinski definition) is 3. The number of aromatic amines is 1. The molecule has 0 aliphatic carbocycles. The summed E-state index contributed by atoms with van der Waals surface area (Å²) in [6, 6.07) is 0. The van der Waals surface area contributed by atoms with Crippen molar-refractivity contribution in [2.45, 2.75) is 6.42 Å². The number of nitrogens with zero attached hydrogens (tertiary/aromatic N) is 4. The number of carbonyl (C=O) groups is 1. The van der Waals surface area contributed by atoms with Crippen molar-refractivity contribution >= 4 is 28.8 Å². The number of hydrogen-bond acceptors (Lipinski definition) is 6. The van der Waals surface area contributed by atoms with E-state index in [0.717, 1.165) is 17.9 Å². The van der Waals surface area contributed by atoms with Gasteiger partial charge < -0.3 is 20.5 Å². The van der Waals surface area contributed by atoms with E-state index in [2.05, 4.69) is 35.5 Å². The maximum absolute atomic E-state index is 11.4. The van der Waals surface area contributed by atoms with E-state index in [0.29, 0.717) is 31.1 Å². The SMILES string of the molecule is CNc1nc(N2CCNC(=O)CC2)c2[nH]cnc2n1. The first kappa shape index (κ1) is 11.7. The quantitative estimate of drug-likeness (QED) is 0.687. The third-order valence-corrected chi connectivity index (χ3v) is 3.10. The third kappa shape index (κ3) is 2.16. The standard InChI is InChI=1S/C11H15N7O/c1-12-11-16-9-8(14-6-15-9)10(17-11)18-4-2-7(19)13-3-5-18/h6H,2-5H2,1H3,(H,13,19)(H2,12,14,15,16,17). The summed E-state index contributed by atoms with van der Waals surface area (Å²) in [6.07, 6.45) is 2.07. The molecule has 2 aromatic rings. The van der Waals surface area contributed by atoms with Gasteiger partial charge >= 0.3 is 0 Å². The van der Waals surface area contributed by atoms with E-state index in [9.17, 15) is 4.79 Å². The molecule has 0 saturated carbocycles. The van der Waals surface area contributed by atoms with Crippen LogP contribution in [0.15, 0.2) is 6.33 Å². The first-order valence-electron chi connectivity index (χ1n) is 6.18. The fourth-order valence-electron chi connectivity index (χ4n) is 2.14. The third-order valence-electron chi connectivity index (χ3n) is 3.10. The van der Waals surface area contributed by atoms with E-state index in [1.54, 1.807) is 13.4 Å². The van der Waals surface area contributed by atoms with Crippen molar-refractivity contribution in [2.75, 3.05) is 36.9 Å². The Morgan fingerprint density at radius 2 is 2.26 bits per heavy atom. The van der Waals surface area contributed by atoms with Gasteiger partial charge in [0, 0.05) is 33.1 Å². The zero-order valence-corrected chi connectivity index (χ0v) is 10.6. The van der Waals surface area contributed by atoms with Crippen molar-refractivity contribution in [3.8, 4) is 0 Å². The Morgan fingerprint density at radius 3 is 3.11 bits per heavy atom. The van der Waals surface area contributed by atoms with Crippen LogP contribution in [-0.2, 0) is 4.79 Å². The van der Waals surface area contributed by atoms with Crippen LogP contribution in [-0.4, -0.2) is 52.5 Å². The van der Waals surface area contributed by atoms with E-state index < -0.39 is 0 Å². The fourth-order valence-corrected chi connectivity index (χ4v) is 2.14. The van der Waals surface area contributed by atoms with Gasteiger partial charge in [-0.3, -0.25) is 4.79 Å². The van der Waals surface area contributed by atoms with Crippen molar-refractivity contribution in [1.82, 2.24) is 25.3 Å². The summed E-state index contributed by atoms with van der Waals surface area (Å²) in [4.78, 5) is 29.4. The predicted molar refractivity (Wildman–Crippen MR) is 71.1 cm³/mol. The molecule has 19 heavy (non-hydrogen) atoms. The predicted octanol–water partition coefficient (Wildman–Crippen LogP) is -0.279. The van der Waals surface area contributed by atoms with Gasteiger partial charge in [-0.1, -0.05) is 0 Å². The molecule has 0 atom stereocenters. The van der Waals surface area contributed by atoms with Crippen molar-refractivity contribution in [3.63, 3.8) is 0 Å². The molecule has 1 saturated heterocycles. The van der Waals surface area contributed by atoms with Crippen LogP contribution in [0.1, 0.15) is 6.42 Å². The first-order valence-corrected chi connectivity index (χ1v) is 6.18. The molecule has 2 aromatic heterocycles. The molecule has 3 rings (SSSR count). The molecule has 1 aliphatic rings. The molecule has 0 radical (unpaired) electrons. The highest BCUT2D eigenvalue weighted by Gasteiger charge is 2.19. The Bertz CT molecular complexity index is 608. The lowest BCUT2D eigenvalue weighted by Gasteiger charge is -2.21. The molecule has 1 fully saturated rings. The largest absolute Gasteiger partial charge is 0.357 e. The molecule has 0 spiro atoms. The zero-order chi connectivity index (χ0) is 13.2. The van der Waals surface area contributed by atoms with Gasteiger partial charge in [0.2, 0.25) is 11.9 Å². The van der Waals surface area contributed by atoms with Crippen molar-refractivity contribution < 1.29 is 4.79 Å². The van der Waals surface area contributed by atoms with E-state index in [1.165, 1.54) is 0 Å². The van der Waals surface area contributed by atoms with Crippen LogP contribution in [0.3, 0.4) is 0 Å². The molecular formula is C11H15N7O. The van der Waals surface area contributed by atoms with Gasteiger partial charge in [-0.25, -0.2) is 4.98 Å². The number of carbonyl (C=O) groups excluding carboxylic acids is 1. The van der Waals surface area contributed by atoms with Crippen LogP contribution in [0.5, 0.6) is 0 Å². The van der Waals surface area contributed by atoms with Gasteiger partial charge in [0.05, 0.1) is 6.33 Å². The normalized spacial score (nSPS) is 16.3. The van der Waals surface area contributed by atoms with Crippen LogP contribution >= 0.6 is 0 Å². The van der Waals surface area contributed by atoms with Gasteiger partial charge in [0.15, 0.2) is 11.5 Å². The highest BCUT2D eigenvalue weighted by Crippen LogP contribution is 2.23. The Morgan fingerprint density at radius 1 is 1.37 bits per heavy atom. The highest BCUT2D eigenvalue weighted by atomic mass is 16.1. The number of nitrogens with one attached hydrogen (secondary N) is 3. The number of anilines is 2. The molecule has 8 nitrogen and oxygen atoms in total. The van der Waals surface area contributed by atoms with Gasteiger partial charge in [-0.15, -0.1) is 0 Å². The lowest BCUT2D eigenvalue weighted by Crippen LogP contribution is -2.29. The van der Waals surface area contributed by atoms with Gasteiger partial charge in [0.1, 0.15) is 5.52 Å². The second-order valence-corrected chi connectivity index (χ2v) is 4.31. The summed E-state index contributed by atoms with van der Waals surface area (Å²) >= 11 is 0. The molecule has 1 amide bonds. The van der Waals surface area contributed by atoms with Crippen LogP contribution in [0, 0.1) is 0 Å². The lowest BCUT2D eigenvalue weighted by molar-refractivity contribution is -0.120. The minimum Gasteiger partial charge on any atom is -0.357 e. The summed E-state index contributed by atoms with van der Waals surface area (Å²) in [5.41, 5.74) is 1.42. The first-order chi connectivity index (χ1) is 9.28. The van der Waals surface area contributed by atoms with E-state index >= 15 is 0 Å². The molecule has 8 heteroatoms. The average Bonchev–Trinajstić information content (AvgIpc) is 2.79. The Kier molecular flexibility index (Phi) is 2.90. The van der Waals surface area contributed by atoms with Crippen molar-refractivity contribution in [1.29, 1.82) is 0 Å². The van der Waals surface area contributed by atoms with E-state index in [4.69, 9.17) is 0 Å². The van der Waals surface area contributed by atoms with E-state index in [-0.39, 0.29) is 5.91 Å². The Hall–Kier alpha value is -2.38. The summed E-state index contributed by atoms with van der Waals surface area (Å²) < 4.78 is 0. The van der Waals surface area contributed by atoms with Crippen LogP contribution in [0.2, 0.25) is 0 Å². The minimum atomic E-state index is 0.0752. The van der Waals surface area contributed by atoms with Crippen LogP contribution < -0.4 is 15.5 Å². The second-order valence-electron chi connectivity index (χ2n) is 4.31. The number of aromatic nitrogens is 4. The van der Waals surface area contributed by atoms with Gasteiger partial charge in [-0.05, 0) is 0 Å². The zero-order valence-electron chi connectivity index (χ0n) is 10.6.